The Bertz CT molecular complexity index is 448. The molecule has 4 heteroatoms. The minimum Gasteiger partial charge on any atom is -0.479 e. The van der Waals surface area contributed by atoms with Gasteiger partial charge in [0, 0.05) is 6.42 Å². The predicted octanol–water partition coefficient (Wildman–Crippen LogP) is 1.82. The maximum atomic E-state index is 10.9. The summed E-state index contributed by atoms with van der Waals surface area (Å²) in [6.07, 6.45) is -0.0869. The van der Waals surface area contributed by atoms with Crippen LogP contribution in [0.4, 0.5) is 0 Å². The molecule has 1 unspecified atom stereocenters. The highest BCUT2D eigenvalue weighted by atomic mass is 16.4. The molecule has 1 aromatic carbocycles. The topological polar surface area (TPSA) is 81.3 Å². The van der Waals surface area contributed by atoms with Crippen LogP contribution in [0.1, 0.15) is 36.1 Å². The van der Waals surface area contributed by atoms with Crippen LogP contribution < -0.4 is 0 Å². The smallest absolute Gasteiger partial charge is 0.337 e. The fraction of sp³-hybridized carbons (Fsp3) is 0.385. The summed E-state index contributed by atoms with van der Waals surface area (Å²) in [7, 11) is 0. The maximum Gasteiger partial charge on any atom is 0.337 e. The van der Waals surface area contributed by atoms with Gasteiger partial charge in [-0.2, -0.15) is 5.26 Å². The zero-order valence-electron chi connectivity index (χ0n) is 9.68. The second-order valence-electron chi connectivity index (χ2n) is 3.74. The molecule has 0 bridgehead atoms. The summed E-state index contributed by atoms with van der Waals surface area (Å²) in [5, 5.41) is 27.2. The van der Waals surface area contributed by atoms with Crippen LogP contribution in [0, 0.1) is 11.3 Å². The number of hydrogen-bond acceptors (Lipinski definition) is 3. The number of aliphatic hydroxyl groups is 1. The zero-order valence-corrected chi connectivity index (χ0v) is 9.68. The van der Waals surface area contributed by atoms with Crippen LogP contribution in [0.25, 0.3) is 0 Å². The Balaban J connectivity index is 3.20. The molecule has 4 nitrogen and oxygen atoms in total. The molecule has 0 aliphatic carbocycles. The summed E-state index contributed by atoms with van der Waals surface area (Å²) in [6, 6.07) is 7.41. The molecule has 0 aromatic heterocycles. The molecule has 0 aliphatic heterocycles. The lowest BCUT2D eigenvalue weighted by Gasteiger charge is -2.15. The van der Waals surface area contributed by atoms with Gasteiger partial charge in [0.05, 0.1) is 6.07 Å². The quantitative estimate of drug-likeness (QED) is 0.812. The Labute approximate surface area is 100 Å². The van der Waals surface area contributed by atoms with Crippen molar-refractivity contribution in [3.8, 4) is 6.07 Å². The monoisotopic (exact) mass is 233 g/mol. The second kappa shape index (κ2) is 6.02. The fourth-order valence-electron chi connectivity index (χ4n) is 1.86. The molecule has 0 fully saturated rings. The van der Waals surface area contributed by atoms with E-state index in [1.165, 1.54) is 0 Å². The van der Waals surface area contributed by atoms with Gasteiger partial charge in [-0.15, -0.1) is 0 Å². The lowest BCUT2D eigenvalue weighted by molar-refractivity contribution is -0.147. The van der Waals surface area contributed by atoms with E-state index in [0.29, 0.717) is 24.8 Å². The van der Waals surface area contributed by atoms with Crippen LogP contribution in [0.5, 0.6) is 0 Å². The van der Waals surface area contributed by atoms with Crippen molar-refractivity contribution in [3.05, 3.63) is 34.9 Å². The van der Waals surface area contributed by atoms with E-state index < -0.39 is 12.1 Å². The van der Waals surface area contributed by atoms with Crippen LogP contribution in [0.15, 0.2) is 18.2 Å². The van der Waals surface area contributed by atoms with Crippen molar-refractivity contribution in [2.24, 2.45) is 0 Å². The molecule has 2 N–H and O–H groups in total. The number of carbonyl (C=O) groups is 1. The van der Waals surface area contributed by atoms with Crippen LogP contribution >= 0.6 is 0 Å². The number of aliphatic carboxylic acids is 1. The van der Waals surface area contributed by atoms with E-state index in [0.717, 1.165) is 11.1 Å². The molecule has 0 saturated carbocycles. The SMILES string of the molecule is CCc1cccc(CCC#N)c1C(O)C(=O)O. The molecule has 0 spiro atoms. The largest absolute Gasteiger partial charge is 0.479 e. The van der Waals surface area contributed by atoms with Gasteiger partial charge in [-0.1, -0.05) is 25.1 Å². The van der Waals surface area contributed by atoms with Crippen molar-refractivity contribution in [2.75, 3.05) is 0 Å². The molecule has 1 rings (SSSR count). The van der Waals surface area contributed by atoms with Gasteiger partial charge in [-0.25, -0.2) is 4.79 Å². The minimum atomic E-state index is -1.51. The summed E-state index contributed by atoms with van der Waals surface area (Å²) >= 11 is 0. The number of benzene rings is 1. The van der Waals surface area contributed by atoms with E-state index in [1.54, 1.807) is 12.1 Å². The van der Waals surface area contributed by atoms with E-state index in [-0.39, 0.29) is 0 Å². The Kier molecular flexibility index (Phi) is 4.68. The van der Waals surface area contributed by atoms with Crippen molar-refractivity contribution < 1.29 is 15.0 Å². The highest BCUT2D eigenvalue weighted by molar-refractivity contribution is 5.75. The van der Waals surface area contributed by atoms with Gasteiger partial charge in [0.1, 0.15) is 0 Å². The molecular weight excluding hydrogens is 218 g/mol. The molecule has 1 aromatic rings. The number of aryl methyl sites for hydroxylation is 2. The first-order valence-electron chi connectivity index (χ1n) is 5.50. The van der Waals surface area contributed by atoms with Crippen LogP contribution in [0.2, 0.25) is 0 Å². The van der Waals surface area contributed by atoms with Gasteiger partial charge in [0.25, 0.3) is 0 Å². The average Bonchev–Trinajstić information content (AvgIpc) is 2.34. The molecule has 0 heterocycles. The number of nitrogens with zero attached hydrogens (tertiary/aromatic N) is 1. The maximum absolute atomic E-state index is 10.9. The Morgan fingerprint density at radius 3 is 2.65 bits per heavy atom. The van der Waals surface area contributed by atoms with Crippen molar-refractivity contribution in [1.82, 2.24) is 0 Å². The van der Waals surface area contributed by atoms with Gasteiger partial charge in [-0.05, 0) is 29.5 Å². The summed E-state index contributed by atoms with van der Waals surface area (Å²) < 4.78 is 0. The van der Waals surface area contributed by atoms with Gasteiger partial charge >= 0.3 is 5.97 Å². The number of rotatable bonds is 5. The van der Waals surface area contributed by atoms with E-state index >= 15 is 0 Å². The number of carboxylic acid groups (broad SMARTS) is 1. The minimum absolute atomic E-state index is 0.312. The van der Waals surface area contributed by atoms with Crippen molar-refractivity contribution in [2.45, 2.75) is 32.3 Å². The molecule has 0 aliphatic rings. The van der Waals surface area contributed by atoms with Gasteiger partial charge in [-0.3, -0.25) is 0 Å². The Morgan fingerprint density at radius 1 is 1.47 bits per heavy atom. The average molecular weight is 233 g/mol. The van der Waals surface area contributed by atoms with Gasteiger partial charge in [0.15, 0.2) is 6.10 Å². The zero-order chi connectivity index (χ0) is 12.8. The van der Waals surface area contributed by atoms with Crippen molar-refractivity contribution in [3.63, 3.8) is 0 Å². The highest BCUT2D eigenvalue weighted by Crippen LogP contribution is 2.24. The summed E-state index contributed by atoms with van der Waals surface area (Å²) in [5.74, 6) is -1.26. The van der Waals surface area contributed by atoms with Gasteiger partial charge < -0.3 is 10.2 Å². The number of hydrogen-bond donors (Lipinski definition) is 2. The van der Waals surface area contributed by atoms with E-state index in [9.17, 15) is 9.90 Å². The molecule has 90 valence electrons. The lowest BCUT2D eigenvalue weighted by atomic mass is 9.92. The first-order chi connectivity index (χ1) is 8.11. The predicted molar refractivity (Wildman–Crippen MR) is 62.3 cm³/mol. The summed E-state index contributed by atoms with van der Waals surface area (Å²) in [4.78, 5) is 10.9. The van der Waals surface area contributed by atoms with Crippen LogP contribution in [-0.2, 0) is 17.6 Å². The molecular formula is C13H15NO3. The molecule has 0 amide bonds. The highest BCUT2D eigenvalue weighted by Gasteiger charge is 2.21. The first kappa shape index (κ1) is 13.2. The Hall–Kier alpha value is -1.86. The molecule has 0 radical (unpaired) electrons. The number of aliphatic hydroxyl groups excluding tert-OH is 1. The van der Waals surface area contributed by atoms with Crippen LogP contribution in [-0.4, -0.2) is 16.2 Å². The summed E-state index contributed by atoms with van der Waals surface area (Å²) in [5.41, 5.74) is 1.99. The van der Waals surface area contributed by atoms with Crippen molar-refractivity contribution in [1.29, 1.82) is 5.26 Å². The third kappa shape index (κ3) is 3.05. The standard InChI is InChI=1S/C13H15NO3/c1-2-9-5-3-6-10(7-4-8-14)11(9)12(15)13(16)17/h3,5-6,12,15H,2,4,7H2,1H3,(H,16,17). The van der Waals surface area contributed by atoms with Gasteiger partial charge in [0.2, 0.25) is 0 Å². The van der Waals surface area contributed by atoms with E-state index in [1.807, 2.05) is 19.1 Å². The molecule has 17 heavy (non-hydrogen) atoms. The number of nitriles is 1. The number of carboxylic acids is 1. The normalized spacial score (nSPS) is 11.8. The Morgan fingerprint density at radius 2 is 2.12 bits per heavy atom. The second-order valence-corrected chi connectivity index (χ2v) is 3.74. The van der Waals surface area contributed by atoms with E-state index in [2.05, 4.69) is 0 Å². The van der Waals surface area contributed by atoms with Crippen LogP contribution in [0.3, 0.4) is 0 Å². The third-order valence-corrected chi connectivity index (χ3v) is 2.68. The first-order valence-corrected chi connectivity index (χ1v) is 5.50. The third-order valence-electron chi connectivity index (χ3n) is 2.68. The van der Waals surface area contributed by atoms with Crippen molar-refractivity contribution >= 4 is 5.97 Å². The molecule has 0 saturated heterocycles. The fourth-order valence-corrected chi connectivity index (χ4v) is 1.86. The van der Waals surface area contributed by atoms with E-state index in [4.69, 9.17) is 10.4 Å². The lowest BCUT2D eigenvalue weighted by Crippen LogP contribution is -2.15. The summed E-state index contributed by atoms with van der Waals surface area (Å²) in [6.45, 7) is 1.90. The molecule has 1 atom stereocenters.